The van der Waals surface area contributed by atoms with E-state index in [1.165, 1.54) is 18.6 Å². The minimum Gasteiger partial charge on any atom is -0.495 e. The lowest BCUT2D eigenvalue weighted by molar-refractivity contribution is -0.114. The average molecular weight is 390 g/mol. The van der Waals surface area contributed by atoms with Gasteiger partial charge in [-0.25, -0.2) is 0 Å². The predicted octanol–water partition coefficient (Wildman–Crippen LogP) is 3.06. The largest absolute Gasteiger partial charge is 0.495 e. The molecule has 0 radical (unpaired) electrons. The predicted molar refractivity (Wildman–Crippen MR) is 113 cm³/mol. The lowest BCUT2D eigenvalue weighted by atomic mass is 10.00. The van der Waals surface area contributed by atoms with Gasteiger partial charge < -0.3 is 10.5 Å². The van der Waals surface area contributed by atoms with Crippen LogP contribution in [0.15, 0.2) is 65.0 Å². The number of hydrogen-bond donors (Lipinski definition) is 1. The van der Waals surface area contributed by atoms with Crippen LogP contribution in [0.5, 0.6) is 0 Å². The van der Waals surface area contributed by atoms with Gasteiger partial charge in [-0.3, -0.25) is 19.0 Å². The Morgan fingerprint density at radius 3 is 2.28 bits per heavy atom. The van der Waals surface area contributed by atoms with Crippen molar-refractivity contribution in [3.05, 3.63) is 87.2 Å². The molecule has 0 saturated carbocycles. The molecule has 2 N–H and O–H groups in total. The van der Waals surface area contributed by atoms with E-state index in [2.05, 4.69) is 0 Å². The maximum absolute atomic E-state index is 13.4. The first-order valence-corrected chi connectivity index (χ1v) is 9.12. The van der Waals surface area contributed by atoms with Crippen LogP contribution in [0.2, 0.25) is 0 Å². The summed E-state index contributed by atoms with van der Waals surface area (Å²) in [5, 5.41) is 0.787. The number of hydrogen-bond acceptors (Lipinski definition) is 4. The number of para-hydroxylation sites is 1. The number of Topliss-reactive ketones (excluding diaryl/α,β-unsaturated/α-hetero) is 1. The summed E-state index contributed by atoms with van der Waals surface area (Å²) in [4.78, 5) is 38.0. The Labute approximate surface area is 168 Å². The molecule has 1 aromatic heterocycles. The van der Waals surface area contributed by atoms with Gasteiger partial charge in [0.2, 0.25) is 5.91 Å². The number of pyridine rings is 1. The van der Waals surface area contributed by atoms with Crippen LogP contribution in [-0.2, 0) is 16.1 Å². The standard InChI is InChI=1S/C23H22N2O4/c1-14-17-11-7-8-12-18(17)25(13-19(26)16-9-5-4-6-10-16)23(28)20(14)21(29-3)15(2)22(24)27/h4-12H,13H2,1-3H3,(H2,24,27)/b21-15-. The first-order valence-electron chi connectivity index (χ1n) is 9.12. The maximum atomic E-state index is 13.4. The van der Waals surface area contributed by atoms with Crippen LogP contribution in [0.25, 0.3) is 16.7 Å². The number of ether oxygens (including phenoxy) is 1. The summed E-state index contributed by atoms with van der Waals surface area (Å²) in [5.41, 5.74) is 7.18. The Bertz CT molecular complexity index is 1190. The molecule has 1 amide bonds. The molecule has 0 unspecified atom stereocenters. The van der Waals surface area contributed by atoms with Crippen LogP contribution in [-0.4, -0.2) is 23.4 Å². The van der Waals surface area contributed by atoms with Crippen molar-refractivity contribution >= 4 is 28.4 Å². The number of methoxy groups -OCH3 is 1. The van der Waals surface area contributed by atoms with Gasteiger partial charge >= 0.3 is 0 Å². The number of aromatic nitrogens is 1. The van der Waals surface area contributed by atoms with E-state index in [0.717, 1.165) is 5.39 Å². The molecule has 0 spiro atoms. The Morgan fingerprint density at radius 2 is 1.66 bits per heavy atom. The third-order valence-corrected chi connectivity index (χ3v) is 4.97. The van der Waals surface area contributed by atoms with Crippen LogP contribution >= 0.6 is 0 Å². The molecule has 0 fully saturated rings. The Kier molecular flexibility index (Phi) is 5.64. The summed E-state index contributed by atoms with van der Waals surface area (Å²) in [6.07, 6.45) is 0. The van der Waals surface area contributed by atoms with Crippen molar-refractivity contribution in [2.24, 2.45) is 5.73 Å². The van der Waals surface area contributed by atoms with Crippen molar-refractivity contribution in [2.75, 3.05) is 7.11 Å². The number of rotatable bonds is 6. The molecule has 6 heteroatoms. The highest BCUT2D eigenvalue weighted by Crippen LogP contribution is 2.26. The second-order valence-corrected chi connectivity index (χ2v) is 6.72. The van der Waals surface area contributed by atoms with Crippen molar-refractivity contribution in [2.45, 2.75) is 20.4 Å². The monoisotopic (exact) mass is 390 g/mol. The van der Waals surface area contributed by atoms with Crippen LogP contribution < -0.4 is 11.3 Å². The third kappa shape index (κ3) is 3.69. The zero-order valence-electron chi connectivity index (χ0n) is 16.6. The Morgan fingerprint density at radius 1 is 1.03 bits per heavy atom. The molecular weight excluding hydrogens is 368 g/mol. The number of carbonyl (C=O) groups excluding carboxylic acids is 2. The van der Waals surface area contributed by atoms with E-state index in [1.54, 1.807) is 37.3 Å². The second-order valence-electron chi connectivity index (χ2n) is 6.72. The molecule has 29 heavy (non-hydrogen) atoms. The number of ketones is 1. The van der Waals surface area contributed by atoms with Gasteiger partial charge in [-0.2, -0.15) is 0 Å². The van der Waals surface area contributed by atoms with E-state index in [1.807, 2.05) is 24.3 Å². The van der Waals surface area contributed by atoms with Gasteiger partial charge in [0.1, 0.15) is 5.76 Å². The first kappa shape index (κ1) is 20.1. The van der Waals surface area contributed by atoms with Crippen molar-refractivity contribution < 1.29 is 14.3 Å². The second kappa shape index (κ2) is 8.14. The molecule has 0 aliphatic heterocycles. The van der Waals surface area contributed by atoms with E-state index in [0.29, 0.717) is 16.6 Å². The van der Waals surface area contributed by atoms with Crippen LogP contribution in [0, 0.1) is 6.92 Å². The fourth-order valence-electron chi connectivity index (χ4n) is 3.40. The Balaban J connectivity index is 2.31. The van der Waals surface area contributed by atoms with Gasteiger partial charge in [0.15, 0.2) is 5.78 Å². The molecule has 0 saturated heterocycles. The summed E-state index contributed by atoms with van der Waals surface area (Å²) >= 11 is 0. The molecule has 0 aliphatic rings. The van der Waals surface area contributed by atoms with Crippen molar-refractivity contribution in [3.63, 3.8) is 0 Å². The lowest BCUT2D eigenvalue weighted by Crippen LogP contribution is -2.29. The highest BCUT2D eigenvalue weighted by molar-refractivity contribution is 6.00. The van der Waals surface area contributed by atoms with E-state index >= 15 is 0 Å². The van der Waals surface area contributed by atoms with Crippen molar-refractivity contribution in [1.29, 1.82) is 0 Å². The number of benzene rings is 2. The molecular formula is C23H22N2O4. The van der Waals surface area contributed by atoms with Crippen molar-refractivity contribution in [1.82, 2.24) is 4.57 Å². The zero-order valence-corrected chi connectivity index (χ0v) is 16.6. The number of amides is 1. The molecule has 2 aromatic carbocycles. The summed E-state index contributed by atoms with van der Waals surface area (Å²) < 4.78 is 6.81. The summed E-state index contributed by atoms with van der Waals surface area (Å²) in [6, 6.07) is 16.1. The fourth-order valence-corrected chi connectivity index (χ4v) is 3.40. The SMILES string of the molecule is CO/C(=C(/C)C(N)=O)c1c(C)c2ccccc2n(CC(=O)c2ccccc2)c1=O. The lowest BCUT2D eigenvalue weighted by Gasteiger charge is -2.18. The summed E-state index contributed by atoms with van der Waals surface area (Å²) in [6.45, 7) is 3.16. The molecule has 0 atom stereocenters. The third-order valence-electron chi connectivity index (χ3n) is 4.97. The molecule has 3 rings (SSSR count). The van der Waals surface area contributed by atoms with E-state index in [4.69, 9.17) is 10.5 Å². The van der Waals surface area contributed by atoms with Gasteiger partial charge in [-0.15, -0.1) is 0 Å². The minimum absolute atomic E-state index is 0.117. The molecule has 0 bridgehead atoms. The van der Waals surface area contributed by atoms with E-state index in [-0.39, 0.29) is 29.2 Å². The number of fused-ring (bicyclic) bond motifs is 1. The van der Waals surface area contributed by atoms with Gasteiger partial charge in [0.05, 0.1) is 30.3 Å². The van der Waals surface area contributed by atoms with Crippen LogP contribution in [0.4, 0.5) is 0 Å². The highest BCUT2D eigenvalue weighted by atomic mass is 16.5. The maximum Gasteiger partial charge on any atom is 0.262 e. The van der Waals surface area contributed by atoms with Crippen molar-refractivity contribution in [3.8, 4) is 0 Å². The molecule has 148 valence electrons. The summed E-state index contributed by atoms with van der Waals surface area (Å²) in [5.74, 6) is -0.755. The van der Waals surface area contributed by atoms with Gasteiger partial charge in [-0.05, 0) is 25.5 Å². The number of nitrogens with two attached hydrogens (primary N) is 1. The van der Waals surface area contributed by atoms with Gasteiger partial charge in [-0.1, -0.05) is 48.5 Å². The molecule has 6 nitrogen and oxygen atoms in total. The van der Waals surface area contributed by atoms with E-state index in [9.17, 15) is 14.4 Å². The Hall–Kier alpha value is -3.67. The number of primary amides is 1. The zero-order chi connectivity index (χ0) is 21.1. The number of carbonyl (C=O) groups is 2. The van der Waals surface area contributed by atoms with Gasteiger partial charge in [0, 0.05) is 10.9 Å². The van der Waals surface area contributed by atoms with Crippen LogP contribution in [0.3, 0.4) is 0 Å². The molecule has 3 aromatic rings. The number of nitrogens with zero attached hydrogens (tertiary/aromatic N) is 1. The molecule has 1 heterocycles. The van der Waals surface area contributed by atoms with Crippen LogP contribution in [0.1, 0.15) is 28.4 Å². The quantitative estimate of drug-likeness (QED) is 0.398. The van der Waals surface area contributed by atoms with E-state index < -0.39 is 11.5 Å². The first-order chi connectivity index (χ1) is 13.9. The smallest absolute Gasteiger partial charge is 0.262 e. The summed E-state index contributed by atoms with van der Waals surface area (Å²) in [7, 11) is 1.38. The molecule has 0 aliphatic carbocycles. The topological polar surface area (TPSA) is 91.4 Å². The average Bonchev–Trinajstić information content (AvgIpc) is 2.74. The minimum atomic E-state index is -0.680. The normalized spacial score (nSPS) is 11.8. The van der Waals surface area contributed by atoms with Gasteiger partial charge in [0.25, 0.3) is 5.56 Å². The fraction of sp³-hybridized carbons (Fsp3) is 0.174. The number of aryl methyl sites for hydroxylation is 1. The highest BCUT2D eigenvalue weighted by Gasteiger charge is 2.22.